The average Bonchev–Trinajstić information content (AvgIpc) is 3.14. The lowest BCUT2D eigenvalue weighted by atomic mass is 9.98. The number of carbonyl (C=O) groups is 2. The van der Waals surface area contributed by atoms with Gasteiger partial charge in [0.05, 0.1) is 0 Å². The van der Waals surface area contributed by atoms with Gasteiger partial charge in [0.2, 0.25) is 16.9 Å². The standard InChI is InChI=1S/C20H27ClN4O2S/c1-4-6-7-8-16(26)22-17(13(3)5-2)18(27)23-20-25-24-19(28-20)14-9-11-15(21)12-10-14/h9-13,17H,4-8H2,1-3H3,(H,22,26)(H,23,25,27)/t13-,17+/m1/s1. The minimum atomic E-state index is -0.595. The fraction of sp³-hybridized carbons (Fsp3) is 0.500. The molecule has 0 saturated heterocycles. The molecule has 1 aromatic heterocycles. The van der Waals surface area contributed by atoms with Gasteiger partial charge in [0.15, 0.2) is 0 Å². The van der Waals surface area contributed by atoms with Gasteiger partial charge in [-0.05, 0) is 24.5 Å². The van der Waals surface area contributed by atoms with Crippen molar-refractivity contribution in [2.75, 3.05) is 5.32 Å². The zero-order chi connectivity index (χ0) is 20.5. The van der Waals surface area contributed by atoms with Crippen molar-refractivity contribution >= 4 is 39.9 Å². The summed E-state index contributed by atoms with van der Waals surface area (Å²) in [6.07, 6.45) is 4.10. The number of benzene rings is 1. The molecule has 28 heavy (non-hydrogen) atoms. The molecule has 2 amide bonds. The van der Waals surface area contributed by atoms with Crippen LogP contribution in [0.3, 0.4) is 0 Å². The van der Waals surface area contributed by atoms with Crippen LogP contribution in [-0.2, 0) is 9.59 Å². The van der Waals surface area contributed by atoms with Crippen LogP contribution in [0.25, 0.3) is 10.6 Å². The molecule has 152 valence electrons. The lowest BCUT2D eigenvalue weighted by Gasteiger charge is -2.23. The summed E-state index contributed by atoms with van der Waals surface area (Å²) >= 11 is 7.19. The number of hydrogen-bond acceptors (Lipinski definition) is 5. The molecule has 0 aliphatic carbocycles. The molecule has 0 fully saturated rings. The number of aromatic nitrogens is 2. The third-order valence-electron chi connectivity index (χ3n) is 4.57. The van der Waals surface area contributed by atoms with E-state index in [9.17, 15) is 9.59 Å². The van der Waals surface area contributed by atoms with Gasteiger partial charge in [-0.25, -0.2) is 0 Å². The van der Waals surface area contributed by atoms with E-state index >= 15 is 0 Å². The highest BCUT2D eigenvalue weighted by atomic mass is 35.5. The predicted octanol–water partition coefficient (Wildman–Crippen LogP) is 4.91. The number of rotatable bonds is 10. The quantitative estimate of drug-likeness (QED) is 0.533. The molecular weight excluding hydrogens is 396 g/mol. The first-order valence-electron chi connectivity index (χ1n) is 9.64. The molecule has 8 heteroatoms. The molecule has 2 aromatic rings. The molecule has 0 radical (unpaired) electrons. The first-order chi connectivity index (χ1) is 13.4. The summed E-state index contributed by atoms with van der Waals surface area (Å²) in [6.45, 7) is 6.04. The Balaban J connectivity index is 2.02. The highest BCUT2D eigenvalue weighted by molar-refractivity contribution is 7.18. The number of nitrogens with one attached hydrogen (secondary N) is 2. The van der Waals surface area contributed by atoms with Crippen molar-refractivity contribution in [2.45, 2.75) is 58.9 Å². The van der Waals surface area contributed by atoms with Crippen LogP contribution in [0.2, 0.25) is 5.02 Å². The largest absolute Gasteiger partial charge is 0.344 e. The Morgan fingerprint density at radius 1 is 1.14 bits per heavy atom. The number of unbranched alkanes of at least 4 members (excludes halogenated alkanes) is 2. The SMILES string of the molecule is CCCCCC(=O)N[C@H](C(=O)Nc1nnc(-c2ccc(Cl)cc2)s1)[C@H](C)CC. The van der Waals surface area contributed by atoms with Crippen molar-refractivity contribution in [1.29, 1.82) is 0 Å². The Morgan fingerprint density at radius 3 is 2.50 bits per heavy atom. The van der Waals surface area contributed by atoms with E-state index in [4.69, 9.17) is 11.6 Å². The fourth-order valence-corrected chi connectivity index (χ4v) is 3.53. The van der Waals surface area contributed by atoms with E-state index in [0.29, 0.717) is 21.6 Å². The Morgan fingerprint density at radius 2 is 1.86 bits per heavy atom. The Kier molecular flexibility index (Phi) is 8.86. The van der Waals surface area contributed by atoms with E-state index in [1.807, 2.05) is 26.0 Å². The van der Waals surface area contributed by atoms with E-state index < -0.39 is 6.04 Å². The summed E-state index contributed by atoms with van der Waals surface area (Å²) < 4.78 is 0. The second-order valence-electron chi connectivity index (χ2n) is 6.80. The number of halogens is 1. The Bertz CT molecular complexity index is 779. The first-order valence-corrected chi connectivity index (χ1v) is 10.8. The van der Waals surface area contributed by atoms with Gasteiger partial charge in [0.1, 0.15) is 11.0 Å². The third kappa shape index (κ3) is 6.56. The molecule has 0 aliphatic rings. The van der Waals surface area contributed by atoms with Crippen LogP contribution in [0.1, 0.15) is 52.9 Å². The summed E-state index contributed by atoms with van der Waals surface area (Å²) in [5, 5.41) is 15.6. The molecule has 0 bridgehead atoms. The highest BCUT2D eigenvalue weighted by Crippen LogP contribution is 2.27. The monoisotopic (exact) mass is 422 g/mol. The van der Waals surface area contributed by atoms with Crippen molar-refractivity contribution in [3.63, 3.8) is 0 Å². The summed E-state index contributed by atoms with van der Waals surface area (Å²) in [7, 11) is 0. The summed E-state index contributed by atoms with van der Waals surface area (Å²) in [4.78, 5) is 25.0. The molecule has 0 unspecified atom stereocenters. The summed E-state index contributed by atoms with van der Waals surface area (Å²) in [5.41, 5.74) is 0.880. The van der Waals surface area contributed by atoms with Crippen LogP contribution in [0.15, 0.2) is 24.3 Å². The summed E-state index contributed by atoms with van der Waals surface area (Å²) in [6, 6.07) is 6.68. The molecule has 0 spiro atoms. The van der Waals surface area contributed by atoms with Gasteiger partial charge in [-0.3, -0.25) is 14.9 Å². The zero-order valence-corrected chi connectivity index (χ0v) is 18.1. The van der Waals surface area contributed by atoms with Crippen LogP contribution in [0, 0.1) is 5.92 Å². The van der Waals surface area contributed by atoms with E-state index in [-0.39, 0.29) is 17.7 Å². The minimum Gasteiger partial charge on any atom is -0.344 e. The van der Waals surface area contributed by atoms with Gasteiger partial charge in [-0.1, -0.05) is 75.1 Å². The van der Waals surface area contributed by atoms with Crippen LogP contribution in [-0.4, -0.2) is 28.1 Å². The maximum atomic E-state index is 12.8. The minimum absolute atomic E-state index is 0.0128. The predicted molar refractivity (Wildman–Crippen MR) is 115 cm³/mol. The van der Waals surface area contributed by atoms with Gasteiger partial charge in [0.25, 0.3) is 0 Å². The zero-order valence-electron chi connectivity index (χ0n) is 16.5. The Labute approximate surface area is 175 Å². The molecule has 2 N–H and O–H groups in total. The lowest BCUT2D eigenvalue weighted by molar-refractivity contribution is -0.127. The first kappa shape index (κ1) is 22.3. The maximum Gasteiger partial charge on any atom is 0.249 e. The average molecular weight is 423 g/mol. The van der Waals surface area contributed by atoms with Crippen molar-refractivity contribution in [3.05, 3.63) is 29.3 Å². The number of hydrogen-bond donors (Lipinski definition) is 2. The molecule has 1 heterocycles. The normalized spacial score (nSPS) is 13.0. The van der Waals surface area contributed by atoms with E-state index in [1.54, 1.807) is 12.1 Å². The van der Waals surface area contributed by atoms with Crippen LogP contribution in [0.4, 0.5) is 5.13 Å². The van der Waals surface area contributed by atoms with Crippen molar-refractivity contribution in [2.24, 2.45) is 5.92 Å². The molecular formula is C20H27ClN4O2S. The van der Waals surface area contributed by atoms with Crippen LogP contribution in [0.5, 0.6) is 0 Å². The van der Waals surface area contributed by atoms with Crippen molar-refractivity contribution < 1.29 is 9.59 Å². The van der Waals surface area contributed by atoms with Crippen LogP contribution >= 0.6 is 22.9 Å². The van der Waals surface area contributed by atoms with Gasteiger partial charge >= 0.3 is 0 Å². The van der Waals surface area contributed by atoms with Crippen LogP contribution < -0.4 is 10.6 Å². The number of amides is 2. The highest BCUT2D eigenvalue weighted by Gasteiger charge is 2.26. The second kappa shape index (κ2) is 11.1. The molecule has 0 saturated carbocycles. The smallest absolute Gasteiger partial charge is 0.249 e. The maximum absolute atomic E-state index is 12.8. The molecule has 2 atom stereocenters. The molecule has 6 nitrogen and oxygen atoms in total. The molecule has 2 rings (SSSR count). The molecule has 0 aliphatic heterocycles. The van der Waals surface area contributed by atoms with Gasteiger partial charge in [-0.15, -0.1) is 10.2 Å². The molecule has 1 aromatic carbocycles. The lowest BCUT2D eigenvalue weighted by Crippen LogP contribution is -2.47. The van der Waals surface area contributed by atoms with E-state index in [2.05, 4.69) is 27.8 Å². The van der Waals surface area contributed by atoms with Crippen molar-refractivity contribution in [3.8, 4) is 10.6 Å². The Hall–Kier alpha value is -1.99. The van der Waals surface area contributed by atoms with Gasteiger partial charge in [0, 0.05) is 17.0 Å². The van der Waals surface area contributed by atoms with E-state index in [0.717, 1.165) is 31.2 Å². The van der Waals surface area contributed by atoms with Crippen molar-refractivity contribution in [1.82, 2.24) is 15.5 Å². The third-order valence-corrected chi connectivity index (χ3v) is 5.71. The van der Waals surface area contributed by atoms with Gasteiger partial charge in [-0.2, -0.15) is 0 Å². The number of anilines is 1. The number of carbonyl (C=O) groups excluding carboxylic acids is 2. The summed E-state index contributed by atoms with van der Waals surface area (Å²) in [5.74, 6) is -0.344. The van der Waals surface area contributed by atoms with Gasteiger partial charge < -0.3 is 5.32 Å². The van der Waals surface area contributed by atoms with E-state index in [1.165, 1.54) is 11.3 Å². The number of nitrogens with zero attached hydrogens (tertiary/aromatic N) is 2. The fourth-order valence-electron chi connectivity index (χ4n) is 2.65. The second-order valence-corrected chi connectivity index (χ2v) is 8.21. The topological polar surface area (TPSA) is 84.0 Å².